The van der Waals surface area contributed by atoms with Crippen molar-refractivity contribution in [2.75, 3.05) is 26.7 Å². The lowest BCUT2D eigenvalue weighted by molar-refractivity contribution is -0.137. The van der Waals surface area contributed by atoms with E-state index in [0.29, 0.717) is 6.61 Å². The van der Waals surface area contributed by atoms with E-state index in [9.17, 15) is 4.79 Å². The van der Waals surface area contributed by atoms with Crippen LogP contribution in [0.2, 0.25) is 0 Å². The maximum absolute atomic E-state index is 11.0. The van der Waals surface area contributed by atoms with Crippen LogP contribution in [0.15, 0.2) is 11.9 Å². The largest absolute Gasteiger partial charge is 0.463 e. The number of nitrogens with one attached hydrogen (secondary N) is 1. The first-order valence-corrected chi connectivity index (χ1v) is 4.07. The molecule has 1 N–H and O–H groups in total. The van der Waals surface area contributed by atoms with Crippen molar-refractivity contribution < 1.29 is 9.53 Å². The van der Waals surface area contributed by atoms with Crippen LogP contribution in [0.3, 0.4) is 0 Å². The highest BCUT2D eigenvalue weighted by atomic mass is 16.5. The Bertz CT molecular complexity index is 201. The van der Waals surface area contributed by atoms with Crippen LogP contribution in [0.25, 0.3) is 0 Å². The number of carbonyl (C=O) groups is 1. The molecule has 0 bridgehead atoms. The second-order valence-corrected chi connectivity index (χ2v) is 2.63. The summed E-state index contributed by atoms with van der Waals surface area (Å²) in [5.41, 5.74) is 0. The van der Waals surface area contributed by atoms with Crippen LogP contribution in [-0.2, 0) is 9.53 Å². The average molecular weight is 170 g/mol. The van der Waals surface area contributed by atoms with Crippen molar-refractivity contribution in [1.82, 2.24) is 10.2 Å². The van der Waals surface area contributed by atoms with Crippen LogP contribution in [0.1, 0.15) is 6.92 Å². The van der Waals surface area contributed by atoms with Crippen LogP contribution < -0.4 is 5.32 Å². The molecule has 0 spiro atoms. The Labute approximate surface area is 72.2 Å². The van der Waals surface area contributed by atoms with Gasteiger partial charge in [-0.15, -0.1) is 0 Å². The molecule has 4 heteroatoms. The van der Waals surface area contributed by atoms with E-state index >= 15 is 0 Å². The summed E-state index contributed by atoms with van der Waals surface area (Å²) in [5.74, 6) is 0.558. The average Bonchev–Trinajstić information content (AvgIpc) is 2.37. The van der Waals surface area contributed by atoms with Crippen LogP contribution in [0, 0.1) is 0 Å². The number of rotatable bonds is 2. The minimum atomic E-state index is -0.284. The van der Waals surface area contributed by atoms with Gasteiger partial charge in [0, 0.05) is 20.1 Å². The number of nitrogens with zero attached hydrogens (tertiary/aromatic N) is 1. The normalized spacial score (nSPS) is 19.5. The lowest BCUT2D eigenvalue weighted by Crippen LogP contribution is -2.16. The third-order valence-electron chi connectivity index (χ3n) is 1.71. The molecule has 0 saturated carbocycles. The predicted octanol–water partition coefficient (Wildman–Crippen LogP) is -0.0741. The molecule has 1 rings (SSSR count). The van der Waals surface area contributed by atoms with E-state index in [1.165, 1.54) is 6.08 Å². The van der Waals surface area contributed by atoms with Crippen LogP contribution in [0.4, 0.5) is 0 Å². The second-order valence-electron chi connectivity index (χ2n) is 2.63. The molecule has 0 aromatic rings. The summed E-state index contributed by atoms with van der Waals surface area (Å²) in [5, 5.41) is 3.08. The van der Waals surface area contributed by atoms with Gasteiger partial charge >= 0.3 is 5.97 Å². The zero-order chi connectivity index (χ0) is 8.97. The Balaban J connectivity index is 2.49. The summed E-state index contributed by atoms with van der Waals surface area (Å²) in [6.45, 7) is 4.04. The van der Waals surface area contributed by atoms with Crippen LogP contribution >= 0.6 is 0 Å². The lowest BCUT2D eigenvalue weighted by Gasteiger charge is -2.10. The molecule has 0 atom stereocenters. The number of hydrogen-bond acceptors (Lipinski definition) is 4. The Morgan fingerprint density at radius 2 is 2.58 bits per heavy atom. The molecule has 68 valence electrons. The number of ether oxygens (including phenoxy) is 1. The van der Waals surface area contributed by atoms with Crippen molar-refractivity contribution in [3.05, 3.63) is 11.9 Å². The van der Waals surface area contributed by atoms with Gasteiger partial charge in [-0.25, -0.2) is 4.79 Å². The fraction of sp³-hybridized carbons (Fsp3) is 0.625. The first kappa shape index (κ1) is 8.90. The van der Waals surface area contributed by atoms with E-state index in [1.807, 2.05) is 11.9 Å². The molecule has 1 saturated heterocycles. The van der Waals surface area contributed by atoms with E-state index in [4.69, 9.17) is 4.74 Å². The SMILES string of the molecule is CCOC(=O)/C=C1/NCCN1C. The van der Waals surface area contributed by atoms with Gasteiger partial charge in [0.1, 0.15) is 5.82 Å². The molecule has 4 nitrogen and oxygen atoms in total. The van der Waals surface area contributed by atoms with Crippen molar-refractivity contribution in [3.63, 3.8) is 0 Å². The molecule has 1 aliphatic heterocycles. The van der Waals surface area contributed by atoms with Crippen molar-refractivity contribution in [2.45, 2.75) is 6.92 Å². The topological polar surface area (TPSA) is 41.6 Å². The Kier molecular flexibility index (Phi) is 2.96. The van der Waals surface area contributed by atoms with E-state index < -0.39 is 0 Å². The molecule has 0 radical (unpaired) electrons. The Hall–Kier alpha value is -1.19. The van der Waals surface area contributed by atoms with Gasteiger partial charge in [0.05, 0.1) is 12.7 Å². The highest BCUT2D eigenvalue weighted by Crippen LogP contribution is 2.02. The minimum absolute atomic E-state index is 0.284. The molecule has 0 unspecified atom stereocenters. The monoisotopic (exact) mass is 170 g/mol. The zero-order valence-corrected chi connectivity index (χ0v) is 7.46. The molecule has 1 fully saturated rings. The van der Waals surface area contributed by atoms with Gasteiger partial charge in [0.25, 0.3) is 0 Å². The molecular weight excluding hydrogens is 156 g/mol. The van der Waals surface area contributed by atoms with Gasteiger partial charge in [0.15, 0.2) is 0 Å². The summed E-state index contributed by atoms with van der Waals surface area (Å²) in [6, 6.07) is 0. The summed E-state index contributed by atoms with van der Waals surface area (Å²) in [6.07, 6.45) is 1.48. The summed E-state index contributed by atoms with van der Waals surface area (Å²) < 4.78 is 4.77. The number of hydrogen-bond donors (Lipinski definition) is 1. The summed E-state index contributed by atoms with van der Waals surface area (Å²) in [7, 11) is 1.94. The van der Waals surface area contributed by atoms with Gasteiger partial charge in [-0.3, -0.25) is 0 Å². The maximum atomic E-state index is 11.0. The second kappa shape index (κ2) is 3.99. The Morgan fingerprint density at radius 1 is 1.83 bits per heavy atom. The van der Waals surface area contributed by atoms with E-state index in [2.05, 4.69) is 5.32 Å². The van der Waals surface area contributed by atoms with Gasteiger partial charge in [0.2, 0.25) is 0 Å². The minimum Gasteiger partial charge on any atom is -0.463 e. The first-order valence-electron chi connectivity index (χ1n) is 4.07. The fourth-order valence-corrected chi connectivity index (χ4v) is 1.06. The molecule has 12 heavy (non-hydrogen) atoms. The highest BCUT2D eigenvalue weighted by molar-refractivity contribution is 5.82. The van der Waals surface area contributed by atoms with Crippen molar-refractivity contribution >= 4 is 5.97 Å². The molecule has 1 aliphatic rings. The number of esters is 1. The zero-order valence-electron chi connectivity index (χ0n) is 7.46. The Morgan fingerprint density at radius 3 is 3.08 bits per heavy atom. The third-order valence-corrected chi connectivity index (χ3v) is 1.71. The lowest BCUT2D eigenvalue weighted by atomic mass is 10.5. The molecule has 0 amide bonds. The highest BCUT2D eigenvalue weighted by Gasteiger charge is 2.12. The molecular formula is C8H14N2O2. The van der Waals surface area contributed by atoms with E-state index in [0.717, 1.165) is 18.9 Å². The number of likely N-dealkylation sites (N-methyl/N-ethyl adjacent to an activating group) is 1. The van der Waals surface area contributed by atoms with Crippen molar-refractivity contribution in [3.8, 4) is 0 Å². The molecule has 0 aliphatic carbocycles. The molecule has 1 heterocycles. The molecule has 0 aromatic carbocycles. The van der Waals surface area contributed by atoms with Gasteiger partial charge in [-0.1, -0.05) is 0 Å². The predicted molar refractivity (Wildman–Crippen MR) is 45.3 cm³/mol. The fourth-order valence-electron chi connectivity index (χ4n) is 1.06. The first-order chi connectivity index (χ1) is 5.74. The van der Waals surface area contributed by atoms with Gasteiger partial charge in [-0.05, 0) is 6.92 Å². The standard InChI is InChI=1S/C8H14N2O2/c1-3-12-8(11)6-7-9-4-5-10(7)2/h6,9H,3-5H2,1-2H3/b7-6-. The van der Waals surface area contributed by atoms with Gasteiger partial charge in [-0.2, -0.15) is 0 Å². The molecule has 0 aromatic heterocycles. The quantitative estimate of drug-likeness (QED) is 0.465. The van der Waals surface area contributed by atoms with E-state index in [1.54, 1.807) is 6.92 Å². The maximum Gasteiger partial charge on any atom is 0.334 e. The van der Waals surface area contributed by atoms with Crippen LogP contribution in [0.5, 0.6) is 0 Å². The third kappa shape index (κ3) is 2.15. The van der Waals surface area contributed by atoms with Crippen molar-refractivity contribution in [2.24, 2.45) is 0 Å². The van der Waals surface area contributed by atoms with Crippen molar-refractivity contribution in [1.29, 1.82) is 0 Å². The summed E-state index contributed by atoms with van der Waals surface area (Å²) >= 11 is 0. The van der Waals surface area contributed by atoms with Crippen LogP contribution in [-0.4, -0.2) is 37.6 Å². The smallest absolute Gasteiger partial charge is 0.334 e. The van der Waals surface area contributed by atoms with E-state index in [-0.39, 0.29) is 5.97 Å². The van der Waals surface area contributed by atoms with Gasteiger partial charge < -0.3 is 15.0 Å². The number of carbonyl (C=O) groups excluding carboxylic acids is 1. The summed E-state index contributed by atoms with van der Waals surface area (Å²) in [4.78, 5) is 13.0.